The number of rotatable bonds is 4. The van der Waals surface area contributed by atoms with E-state index >= 15 is 0 Å². The largest absolute Gasteiger partial charge is 0.489 e. The number of ether oxygens (including phenoxy) is 2. The summed E-state index contributed by atoms with van der Waals surface area (Å²) in [5.74, 6) is -0.000795. The second-order valence-electron chi connectivity index (χ2n) is 10.5. The van der Waals surface area contributed by atoms with Crippen LogP contribution in [0.1, 0.15) is 60.9 Å². The first-order chi connectivity index (χ1) is 16.0. The molecule has 3 amide bonds. The van der Waals surface area contributed by atoms with Crippen LogP contribution >= 0.6 is 0 Å². The van der Waals surface area contributed by atoms with Crippen LogP contribution in [0, 0.1) is 5.41 Å². The van der Waals surface area contributed by atoms with Crippen LogP contribution in [0.4, 0.5) is 0 Å². The molecule has 1 unspecified atom stereocenters. The molecule has 1 aliphatic carbocycles. The van der Waals surface area contributed by atoms with E-state index in [0.717, 1.165) is 50.5 Å². The van der Waals surface area contributed by atoms with Gasteiger partial charge in [0.2, 0.25) is 11.8 Å². The number of piperidine rings is 1. The van der Waals surface area contributed by atoms with Crippen molar-refractivity contribution in [2.75, 3.05) is 26.3 Å². The molecule has 0 bridgehead atoms. The van der Waals surface area contributed by atoms with Crippen LogP contribution in [0.5, 0.6) is 5.75 Å². The average molecular weight is 454 g/mol. The molecule has 1 saturated carbocycles. The zero-order valence-electron chi connectivity index (χ0n) is 18.9. The van der Waals surface area contributed by atoms with Crippen molar-refractivity contribution >= 4 is 17.7 Å². The lowest BCUT2D eigenvalue weighted by Gasteiger charge is -2.58. The van der Waals surface area contributed by atoms with E-state index in [1.807, 2.05) is 18.2 Å². The first-order valence-corrected chi connectivity index (χ1v) is 12.3. The Hall–Kier alpha value is -2.45. The molecule has 0 radical (unpaired) electrons. The number of benzene rings is 1. The van der Waals surface area contributed by atoms with Crippen LogP contribution < -0.4 is 10.1 Å². The van der Waals surface area contributed by atoms with E-state index in [-0.39, 0.29) is 30.2 Å². The molecule has 4 heterocycles. The standard InChI is InChI=1S/C25H31N3O5/c29-22-9-8-20(23(30)26-22)28-11-16-10-17(6-7-18(16)24(28)31)33-21-5-3-1-2-4-19(21)27-12-25(13-27)14-32-15-25/h6-7,10,19-21H,1-5,8-9,11-15H2,(H,26,29,30)/t19-,20?,21+/m0/s1. The maximum absolute atomic E-state index is 13.0. The number of imide groups is 1. The van der Waals surface area contributed by atoms with Crippen molar-refractivity contribution in [1.82, 2.24) is 15.1 Å². The lowest BCUT2D eigenvalue weighted by Crippen LogP contribution is -2.69. The molecule has 33 heavy (non-hydrogen) atoms. The summed E-state index contributed by atoms with van der Waals surface area (Å²) in [4.78, 5) is 40.9. The van der Waals surface area contributed by atoms with E-state index in [4.69, 9.17) is 9.47 Å². The summed E-state index contributed by atoms with van der Waals surface area (Å²) >= 11 is 0. The van der Waals surface area contributed by atoms with Gasteiger partial charge in [-0.05, 0) is 49.4 Å². The Bertz CT molecular complexity index is 982. The number of hydrogen-bond donors (Lipinski definition) is 1. The zero-order valence-corrected chi connectivity index (χ0v) is 18.9. The van der Waals surface area contributed by atoms with Gasteiger partial charge in [-0.2, -0.15) is 0 Å². The molecule has 1 N–H and O–H groups in total. The molecule has 4 fully saturated rings. The minimum Gasteiger partial charge on any atom is -0.489 e. The Morgan fingerprint density at radius 3 is 2.61 bits per heavy atom. The highest BCUT2D eigenvalue weighted by atomic mass is 16.5. The topological polar surface area (TPSA) is 88.2 Å². The highest BCUT2D eigenvalue weighted by Crippen LogP contribution is 2.41. The van der Waals surface area contributed by atoms with E-state index in [1.165, 1.54) is 19.3 Å². The minimum absolute atomic E-state index is 0.146. The van der Waals surface area contributed by atoms with Crippen molar-refractivity contribution in [3.63, 3.8) is 0 Å². The van der Waals surface area contributed by atoms with Crippen LogP contribution in [0.3, 0.4) is 0 Å². The fourth-order valence-electron chi connectivity index (χ4n) is 6.23. The Labute approximate surface area is 193 Å². The predicted molar refractivity (Wildman–Crippen MR) is 119 cm³/mol. The molecule has 8 nitrogen and oxygen atoms in total. The van der Waals surface area contributed by atoms with Gasteiger partial charge in [0.05, 0.1) is 13.2 Å². The molecule has 0 aromatic heterocycles. The third kappa shape index (κ3) is 3.73. The van der Waals surface area contributed by atoms with Gasteiger partial charge in [-0.3, -0.25) is 24.6 Å². The summed E-state index contributed by atoms with van der Waals surface area (Å²) in [5.41, 5.74) is 1.91. The van der Waals surface area contributed by atoms with Gasteiger partial charge in [0.25, 0.3) is 5.91 Å². The van der Waals surface area contributed by atoms with Gasteiger partial charge in [-0.25, -0.2) is 0 Å². The van der Waals surface area contributed by atoms with E-state index < -0.39 is 6.04 Å². The number of nitrogens with zero attached hydrogens (tertiary/aromatic N) is 2. The van der Waals surface area contributed by atoms with Gasteiger partial charge in [-0.15, -0.1) is 0 Å². The number of likely N-dealkylation sites (tertiary alicyclic amines) is 1. The van der Waals surface area contributed by atoms with Crippen molar-refractivity contribution in [3.8, 4) is 5.75 Å². The van der Waals surface area contributed by atoms with Crippen LogP contribution in [-0.2, 0) is 20.9 Å². The van der Waals surface area contributed by atoms with Gasteiger partial charge >= 0.3 is 0 Å². The molecule has 3 saturated heterocycles. The maximum Gasteiger partial charge on any atom is 0.255 e. The Morgan fingerprint density at radius 2 is 1.85 bits per heavy atom. The predicted octanol–water partition coefficient (Wildman–Crippen LogP) is 1.86. The summed E-state index contributed by atoms with van der Waals surface area (Å²) < 4.78 is 12.0. The molecule has 4 aliphatic heterocycles. The SMILES string of the molecule is O=C1CCC(N2Cc3cc(O[C@@H]4CCCCC[C@@H]4N4CC5(COC5)C4)ccc3C2=O)C(=O)N1. The average Bonchev–Trinajstić information content (AvgIpc) is 2.89. The van der Waals surface area contributed by atoms with E-state index in [0.29, 0.717) is 30.0 Å². The molecular formula is C25H31N3O5. The summed E-state index contributed by atoms with van der Waals surface area (Å²) in [7, 11) is 0. The lowest BCUT2D eigenvalue weighted by molar-refractivity contribution is -0.205. The highest BCUT2D eigenvalue weighted by molar-refractivity contribution is 6.05. The lowest BCUT2D eigenvalue weighted by atomic mass is 9.76. The maximum atomic E-state index is 13.0. The second-order valence-corrected chi connectivity index (χ2v) is 10.5. The smallest absolute Gasteiger partial charge is 0.255 e. The summed E-state index contributed by atoms with van der Waals surface area (Å²) in [6.45, 7) is 4.38. The number of amides is 3. The first kappa shape index (κ1) is 21.1. The van der Waals surface area contributed by atoms with Gasteiger partial charge < -0.3 is 14.4 Å². The third-order valence-electron chi connectivity index (χ3n) is 8.06. The van der Waals surface area contributed by atoms with Crippen molar-refractivity contribution < 1.29 is 23.9 Å². The molecule has 5 aliphatic rings. The summed E-state index contributed by atoms with van der Waals surface area (Å²) in [6.07, 6.45) is 6.65. The Kier molecular flexibility index (Phi) is 5.18. The van der Waals surface area contributed by atoms with Gasteiger partial charge in [-0.1, -0.05) is 12.8 Å². The van der Waals surface area contributed by atoms with Crippen molar-refractivity contribution in [1.29, 1.82) is 0 Å². The van der Waals surface area contributed by atoms with Crippen LogP contribution in [0.2, 0.25) is 0 Å². The first-order valence-electron chi connectivity index (χ1n) is 12.3. The Balaban J connectivity index is 1.16. The number of nitrogens with one attached hydrogen (secondary N) is 1. The Morgan fingerprint density at radius 1 is 1.03 bits per heavy atom. The molecule has 176 valence electrons. The summed E-state index contributed by atoms with van der Waals surface area (Å²) in [6, 6.07) is 5.53. The third-order valence-corrected chi connectivity index (χ3v) is 8.06. The molecule has 6 rings (SSSR count). The van der Waals surface area contributed by atoms with Gasteiger partial charge in [0, 0.05) is 43.1 Å². The van der Waals surface area contributed by atoms with Crippen LogP contribution in [0.15, 0.2) is 18.2 Å². The van der Waals surface area contributed by atoms with E-state index in [1.54, 1.807) is 4.90 Å². The molecule has 1 aromatic rings. The quantitative estimate of drug-likeness (QED) is 0.553. The van der Waals surface area contributed by atoms with Crippen molar-refractivity contribution in [3.05, 3.63) is 29.3 Å². The van der Waals surface area contributed by atoms with Crippen molar-refractivity contribution in [2.24, 2.45) is 5.41 Å². The molecule has 1 aromatic carbocycles. The molecule has 1 spiro atoms. The molecule has 8 heteroatoms. The summed E-state index contributed by atoms with van der Waals surface area (Å²) in [5, 5.41) is 2.36. The fraction of sp³-hybridized carbons (Fsp3) is 0.640. The van der Waals surface area contributed by atoms with Gasteiger partial charge in [0.1, 0.15) is 17.9 Å². The van der Waals surface area contributed by atoms with Gasteiger partial charge in [0.15, 0.2) is 0 Å². The second kappa shape index (κ2) is 8.09. The molecule has 3 atom stereocenters. The number of carbonyl (C=O) groups excluding carboxylic acids is 3. The van der Waals surface area contributed by atoms with Crippen LogP contribution in [-0.4, -0.2) is 72.0 Å². The number of fused-ring (bicyclic) bond motifs is 1. The number of hydrogen-bond acceptors (Lipinski definition) is 6. The zero-order chi connectivity index (χ0) is 22.6. The van der Waals surface area contributed by atoms with E-state index in [9.17, 15) is 14.4 Å². The highest BCUT2D eigenvalue weighted by Gasteiger charge is 2.52. The number of carbonyl (C=O) groups is 3. The van der Waals surface area contributed by atoms with Crippen molar-refractivity contribution in [2.45, 2.75) is 69.7 Å². The fourth-order valence-corrected chi connectivity index (χ4v) is 6.23. The monoisotopic (exact) mass is 453 g/mol. The normalized spacial score (nSPS) is 31.5. The molecular weight excluding hydrogens is 422 g/mol. The van der Waals surface area contributed by atoms with Crippen LogP contribution in [0.25, 0.3) is 0 Å². The minimum atomic E-state index is -0.590. The van der Waals surface area contributed by atoms with E-state index in [2.05, 4.69) is 10.2 Å².